The number of hydrogen-bond acceptors (Lipinski definition) is 4. The topological polar surface area (TPSA) is 42.2 Å². The highest BCUT2D eigenvalue weighted by Gasteiger charge is 2.21. The van der Waals surface area contributed by atoms with E-state index in [1.165, 1.54) is 44.7 Å². The molecule has 1 aliphatic rings. The zero-order chi connectivity index (χ0) is 17.4. The molecule has 25 heavy (non-hydrogen) atoms. The standard InChI is InChI=1S/C20H24N4S/c1-13-22-19(18-16-5-4-6-17(16)25-20(18)23-13)21-11-14-7-9-15(10-8-14)12-24(2)3/h7-10H,4-6,11-12H2,1-3H3,(H,21,22,23)/p+1. The van der Waals surface area contributed by atoms with E-state index in [0.29, 0.717) is 0 Å². The third-order valence-corrected chi connectivity index (χ3v) is 5.90. The van der Waals surface area contributed by atoms with Crippen LogP contribution in [-0.2, 0) is 25.9 Å². The number of aryl methyl sites for hydroxylation is 3. The average Bonchev–Trinajstić information content (AvgIpc) is 3.13. The van der Waals surface area contributed by atoms with E-state index >= 15 is 0 Å². The Hall–Kier alpha value is -1.98. The fourth-order valence-corrected chi connectivity index (χ4v) is 4.91. The third-order valence-electron chi connectivity index (χ3n) is 4.72. The molecule has 0 amide bonds. The summed E-state index contributed by atoms with van der Waals surface area (Å²) >= 11 is 1.85. The summed E-state index contributed by atoms with van der Waals surface area (Å²) < 4.78 is 0. The van der Waals surface area contributed by atoms with Gasteiger partial charge in [0.2, 0.25) is 0 Å². The van der Waals surface area contributed by atoms with Crippen LogP contribution in [0.25, 0.3) is 10.2 Å². The second-order valence-corrected chi connectivity index (χ2v) is 8.29. The molecule has 4 nitrogen and oxygen atoms in total. The first kappa shape index (κ1) is 16.5. The first-order valence-electron chi connectivity index (χ1n) is 9.00. The summed E-state index contributed by atoms with van der Waals surface area (Å²) in [7, 11) is 4.36. The molecule has 0 spiro atoms. The number of benzene rings is 1. The monoisotopic (exact) mass is 353 g/mol. The van der Waals surface area contributed by atoms with E-state index in [4.69, 9.17) is 4.98 Å². The first-order valence-corrected chi connectivity index (χ1v) is 9.81. The molecule has 5 heteroatoms. The fraction of sp³-hybridized carbons (Fsp3) is 0.400. The number of hydrogen-bond donors (Lipinski definition) is 2. The van der Waals surface area contributed by atoms with Gasteiger partial charge in [-0.2, -0.15) is 0 Å². The minimum atomic E-state index is 0.797. The number of rotatable bonds is 5. The number of anilines is 1. The van der Waals surface area contributed by atoms with Gasteiger partial charge in [0, 0.05) is 17.0 Å². The van der Waals surface area contributed by atoms with Gasteiger partial charge in [-0.15, -0.1) is 11.3 Å². The Morgan fingerprint density at radius 1 is 1.08 bits per heavy atom. The maximum Gasteiger partial charge on any atom is 0.139 e. The number of quaternary nitrogens is 1. The van der Waals surface area contributed by atoms with Crippen LogP contribution in [0.1, 0.15) is 33.8 Å². The van der Waals surface area contributed by atoms with Crippen LogP contribution in [0.15, 0.2) is 24.3 Å². The zero-order valence-corrected chi connectivity index (χ0v) is 16.0. The van der Waals surface area contributed by atoms with Crippen LogP contribution < -0.4 is 10.2 Å². The van der Waals surface area contributed by atoms with Crippen molar-refractivity contribution >= 4 is 27.4 Å². The van der Waals surface area contributed by atoms with Gasteiger partial charge in [0.05, 0.1) is 19.5 Å². The van der Waals surface area contributed by atoms with Crippen LogP contribution in [0, 0.1) is 6.92 Å². The van der Waals surface area contributed by atoms with Gasteiger partial charge in [-0.05, 0) is 37.3 Å². The Labute approximate surface area is 152 Å². The van der Waals surface area contributed by atoms with Crippen LogP contribution in [0.4, 0.5) is 5.82 Å². The summed E-state index contributed by atoms with van der Waals surface area (Å²) in [5, 5.41) is 4.83. The van der Waals surface area contributed by atoms with E-state index in [1.807, 2.05) is 18.3 Å². The second kappa shape index (κ2) is 6.73. The first-order chi connectivity index (χ1) is 12.1. The lowest BCUT2D eigenvalue weighted by molar-refractivity contribution is -0.872. The van der Waals surface area contributed by atoms with Crippen molar-refractivity contribution in [3.05, 3.63) is 51.7 Å². The molecule has 0 atom stereocenters. The molecule has 1 aliphatic carbocycles. The second-order valence-electron chi connectivity index (χ2n) is 7.21. The van der Waals surface area contributed by atoms with Gasteiger partial charge < -0.3 is 10.2 Å². The average molecular weight is 354 g/mol. The molecule has 1 aromatic carbocycles. The molecule has 2 aromatic heterocycles. The molecule has 130 valence electrons. The van der Waals surface area contributed by atoms with Crippen molar-refractivity contribution in [2.45, 2.75) is 39.3 Å². The van der Waals surface area contributed by atoms with Crippen LogP contribution in [0.5, 0.6) is 0 Å². The minimum absolute atomic E-state index is 0.797. The summed E-state index contributed by atoms with van der Waals surface area (Å²) in [5.74, 6) is 1.85. The highest BCUT2D eigenvalue weighted by Crippen LogP contribution is 2.39. The van der Waals surface area contributed by atoms with Gasteiger partial charge in [-0.25, -0.2) is 9.97 Å². The Morgan fingerprint density at radius 2 is 1.84 bits per heavy atom. The lowest BCUT2D eigenvalue weighted by Crippen LogP contribution is -3.04. The van der Waals surface area contributed by atoms with Crippen molar-refractivity contribution in [2.75, 3.05) is 19.4 Å². The van der Waals surface area contributed by atoms with Gasteiger partial charge >= 0.3 is 0 Å². The summed E-state index contributed by atoms with van der Waals surface area (Å²) in [6, 6.07) is 8.89. The largest absolute Gasteiger partial charge is 0.365 e. The molecule has 2 heterocycles. The molecule has 0 aliphatic heterocycles. The van der Waals surface area contributed by atoms with E-state index in [2.05, 4.69) is 48.7 Å². The molecule has 0 saturated carbocycles. The molecule has 0 fully saturated rings. The maximum absolute atomic E-state index is 4.70. The van der Waals surface area contributed by atoms with E-state index < -0.39 is 0 Å². The summed E-state index contributed by atoms with van der Waals surface area (Å²) in [6.07, 6.45) is 3.63. The predicted octanol–water partition coefficient (Wildman–Crippen LogP) is 2.75. The lowest BCUT2D eigenvalue weighted by Gasteiger charge is -2.10. The van der Waals surface area contributed by atoms with E-state index in [9.17, 15) is 0 Å². The lowest BCUT2D eigenvalue weighted by atomic mass is 10.1. The molecule has 3 aromatic rings. The van der Waals surface area contributed by atoms with E-state index in [0.717, 1.165) is 36.0 Å². The van der Waals surface area contributed by atoms with Crippen molar-refractivity contribution in [2.24, 2.45) is 0 Å². The Bertz CT molecular complexity index is 896. The van der Waals surface area contributed by atoms with Crippen LogP contribution >= 0.6 is 11.3 Å². The summed E-state index contributed by atoms with van der Waals surface area (Å²) in [4.78, 5) is 13.5. The number of thiophene rings is 1. The highest BCUT2D eigenvalue weighted by molar-refractivity contribution is 7.19. The Kier molecular flexibility index (Phi) is 4.44. The summed E-state index contributed by atoms with van der Waals surface area (Å²) in [6.45, 7) is 3.83. The fourth-order valence-electron chi connectivity index (χ4n) is 3.60. The third kappa shape index (κ3) is 3.39. The molecule has 0 saturated heterocycles. The molecule has 0 unspecified atom stereocenters. The molecule has 0 bridgehead atoms. The number of nitrogens with zero attached hydrogens (tertiary/aromatic N) is 2. The van der Waals surface area contributed by atoms with Gasteiger partial charge in [0.25, 0.3) is 0 Å². The van der Waals surface area contributed by atoms with Gasteiger partial charge in [0.15, 0.2) is 0 Å². The van der Waals surface area contributed by atoms with E-state index in [1.54, 1.807) is 0 Å². The zero-order valence-electron chi connectivity index (χ0n) is 15.1. The van der Waals surface area contributed by atoms with Crippen molar-refractivity contribution in [3.63, 3.8) is 0 Å². The summed E-state index contributed by atoms with van der Waals surface area (Å²) in [5.41, 5.74) is 4.14. The number of nitrogens with one attached hydrogen (secondary N) is 2. The highest BCUT2D eigenvalue weighted by atomic mass is 32.1. The maximum atomic E-state index is 4.70. The molecular weight excluding hydrogens is 328 g/mol. The Balaban J connectivity index is 1.56. The predicted molar refractivity (Wildman–Crippen MR) is 104 cm³/mol. The normalized spacial score (nSPS) is 13.6. The number of aromatic nitrogens is 2. The molecular formula is C20H25N4S+. The smallest absolute Gasteiger partial charge is 0.139 e. The van der Waals surface area contributed by atoms with Crippen molar-refractivity contribution in [1.82, 2.24) is 9.97 Å². The molecule has 0 radical (unpaired) electrons. The van der Waals surface area contributed by atoms with Crippen molar-refractivity contribution in [1.29, 1.82) is 0 Å². The van der Waals surface area contributed by atoms with Crippen molar-refractivity contribution < 1.29 is 4.90 Å². The van der Waals surface area contributed by atoms with Gasteiger partial charge in [0.1, 0.15) is 23.0 Å². The minimum Gasteiger partial charge on any atom is -0.365 e. The Morgan fingerprint density at radius 3 is 2.60 bits per heavy atom. The van der Waals surface area contributed by atoms with Crippen LogP contribution in [0.2, 0.25) is 0 Å². The van der Waals surface area contributed by atoms with Crippen molar-refractivity contribution in [3.8, 4) is 0 Å². The quantitative estimate of drug-likeness (QED) is 0.741. The number of fused-ring (bicyclic) bond motifs is 3. The molecule has 4 rings (SSSR count). The SMILES string of the molecule is Cc1nc(NCc2ccc(C[NH+](C)C)cc2)c2c3c(sc2n1)CCC3. The van der Waals surface area contributed by atoms with Crippen LogP contribution in [-0.4, -0.2) is 24.1 Å². The van der Waals surface area contributed by atoms with Crippen LogP contribution in [0.3, 0.4) is 0 Å². The van der Waals surface area contributed by atoms with Gasteiger partial charge in [-0.1, -0.05) is 24.3 Å². The van der Waals surface area contributed by atoms with E-state index in [-0.39, 0.29) is 0 Å². The van der Waals surface area contributed by atoms with Gasteiger partial charge in [-0.3, -0.25) is 0 Å². The molecule has 2 N–H and O–H groups in total.